The zero-order valence-electron chi connectivity index (χ0n) is 9.60. The van der Waals surface area contributed by atoms with Gasteiger partial charge in [-0.3, -0.25) is 5.32 Å². The predicted octanol–water partition coefficient (Wildman–Crippen LogP) is 1.50. The number of piperidine rings is 1. The quantitative estimate of drug-likeness (QED) is 0.781. The van der Waals surface area contributed by atoms with E-state index in [0.29, 0.717) is 13.0 Å². The molecule has 0 radical (unpaired) electrons. The molecule has 6 heteroatoms. The molecule has 0 amide bonds. The van der Waals surface area contributed by atoms with E-state index in [1.165, 1.54) is 0 Å². The van der Waals surface area contributed by atoms with Gasteiger partial charge in [0.1, 0.15) is 6.23 Å². The van der Waals surface area contributed by atoms with Crippen molar-refractivity contribution in [3.8, 4) is 0 Å². The zero-order chi connectivity index (χ0) is 12.2. The lowest BCUT2D eigenvalue weighted by Crippen LogP contribution is -2.54. The Morgan fingerprint density at radius 1 is 1.44 bits per heavy atom. The fraction of sp³-hybridized carbons (Fsp3) is 1.00. The van der Waals surface area contributed by atoms with Gasteiger partial charge in [0.2, 0.25) is 0 Å². The molecule has 0 aromatic carbocycles. The zero-order valence-corrected chi connectivity index (χ0v) is 9.60. The van der Waals surface area contributed by atoms with Gasteiger partial charge in [0.25, 0.3) is 0 Å². The summed E-state index contributed by atoms with van der Waals surface area (Å²) >= 11 is 0. The molecule has 0 aromatic rings. The third kappa shape index (κ3) is 4.27. The van der Waals surface area contributed by atoms with E-state index in [9.17, 15) is 13.2 Å². The first kappa shape index (κ1) is 13.7. The molecule has 1 aliphatic rings. The highest BCUT2D eigenvalue weighted by Crippen LogP contribution is 2.20. The molecule has 1 fully saturated rings. The van der Waals surface area contributed by atoms with Gasteiger partial charge >= 0.3 is 6.18 Å². The number of rotatable bonds is 4. The maximum atomic E-state index is 12.1. The van der Waals surface area contributed by atoms with Gasteiger partial charge in [-0.05, 0) is 5.92 Å². The molecule has 3 nitrogen and oxygen atoms in total. The Labute approximate surface area is 93.7 Å². The first-order valence-corrected chi connectivity index (χ1v) is 5.52. The van der Waals surface area contributed by atoms with Crippen LogP contribution in [0, 0.1) is 5.92 Å². The molecule has 0 bridgehead atoms. The van der Waals surface area contributed by atoms with E-state index in [0.717, 1.165) is 6.42 Å². The highest BCUT2D eigenvalue weighted by atomic mass is 19.4. The van der Waals surface area contributed by atoms with Crippen molar-refractivity contribution in [3.05, 3.63) is 0 Å². The standard InChI is InChI=1S/C10H19F3N2O/c1-3-7-5-14-9(16-2)4-8(7)15-6-10(11,12)13/h7-9,14-15H,3-6H2,1-2H3. The van der Waals surface area contributed by atoms with Crippen molar-refractivity contribution < 1.29 is 17.9 Å². The number of hydrogen-bond acceptors (Lipinski definition) is 3. The summed E-state index contributed by atoms with van der Waals surface area (Å²) in [7, 11) is 1.56. The third-order valence-corrected chi connectivity index (χ3v) is 3.02. The summed E-state index contributed by atoms with van der Waals surface area (Å²) in [5, 5.41) is 5.74. The number of halogens is 3. The largest absolute Gasteiger partial charge is 0.401 e. The van der Waals surface area contributed by atoms with E-state index in [4.69, 9.17) is 4.74 Å². The number of ether oxygens (including phenoxy) is 1. The van der Waals surface area contributed by atoms with Gasteiger partial charge in [-0.1, -0.05) is 13.3 Å². The smallest absolute Gasteiger partial charge is 0.367 e. The summed E-state index contributed by atoms with van der Waals surface area (Å²) in [4.78, 5) is 0. The fourth-order valence-corrected chi connectivity index (χ4v) is 2.04. The predicted molar refractivity (Wildman–Crippen MR) is 55.0 cm³/mol. The molecule has 0 saturated carbocycles. The van der Waals surface area contributed by atoms with Crippen LogP contribution in [-0.2, 0) is 4.74 Å². The van der Waals surface area contributed by atoms with Crippen LogP contribution in [0.3, 0.4) is 0 Å². The minimum absolute atomic E-state index is 0.127. The number of hydrogen-bond donors (Lipinski definition) is 2. The van der Waals surface area contributed by atoms with Crippen molar-refractivity contribution in [2.24, 2.45) is 5.92 Å². The lowest BCUT2D eigenvalue weighted by molar-refractivity contribution is -0.128. The van der Waals surface area contributed by atoms with Crippen LogP contribution >= 0.6 is 0 Å². The summed E-state index contributed by atoms with van der Waals surface area (Å²) in [5.41, 5.74) is 0. The van der Waals surface area contributed by atoms with Crippen LogP contribution in [0.2, 0.25) is 0 Å². The molecule has 1 saturated heterocycles. The van der Waals surface area contributed by atoms with Crippen molar-refractivity contribution in [2.45, 2.75) is 38.2 Å². The Morgan fingerprint density at radius 2 is 2.12 bits per heavy atom. The van der Waals surface area contributed by atoms with Gasteiger partial charge in [-0.2, -0.15) is 13.2 Å². The van der Waals surface area contributed by atoms with Gasteiger partial charge < -0.3 is 10.1 Å². The molecule has 0 aliphatic carbocycles. The van der Waals surface area contributed by atoms with Crippen LogP contribution < -0.4 is 10.6 Å². The molecule has 3 unspecified atom stereocenters. The Kier molecular flexibility index (Phi) is 5.01. The molecule has 1 rings (SSSR count). The molecule has 0 spiro atoms. The van der Waals surface area contributed by atoms with E-state index in [2.05, 4.69) is 10.6 Å². The third-order valence-electron chi connectivity index (χ3n) is 3.02. The summed E-state index contributed by atoms with van der Waals surface area (Å²) < 4.78 is 41.4. The van der Waals surface area contributed by atoms with Crippen LogP contribution in [0.5, 0.6) is 0 Å². The van der Waals surface area contributed by atoms with E-state index < -0.39 is 12.7 Å². The highest BCUT2D eigenvalue weighted by Gasteiger charge is 2.33. The van der Waals surface area contributed by atoms with E-state index in [1.54, 1.807) is 7.11 Å². The maximum absolute atomic E-state index is 12.1. The molecule has 96 valence electrons. The van der Waals surface area contributed by atoms with Crippen molar-refractivity contribution in [1.29, 1.82) is 0 Å². The molecular weight excluding hydrogens is 221 g/mol. The second-order valence-corrected chi connectivity index (χ2v) is 4.14. The van der Waals surface area contributed by atoms with Crippen molar-refractivity contribution in [3.63, 3.8) is 0 Å². The SMILES string of the molecule is CCC1CNC(OC)CC1NCC(F)(F)F. The summed E-state index contributed by atoms with van der Waals surface area (Å²) in [6.45, 7) is 1.76. The molecule has 1 heterocycles. The highest BCUT2D eigenvalue weighted by molar-refractivity contribution is 4.85. The lowest BCUT2D eigenvalue weighted by Gasteiger charge is -2.36. The molecule has 3 atom stereocenters. The molecule has 2 N–H and O–H groups in total. The second kappa shape index (κ2) is 5.84. The van der Waals surface area contributed by atoms with Gasteiger partial charge in [-0.15, -0.1) is 0 Å². The van der Waals surface area contributed by atoms with Crippen LogP contribution in [-0.4, -0.2) is 38.6 Å². The summed E-state index contributed by atoms with van der Waals surface area (Å²) in [6, 6.07) is -0.127. The number of methoxy groups -OCH3 is 1. The Balaban J connectivity index is 2.45. The Morgan fingerprint density at radius 3 is 2.62 bits per heavy atom. The normalized spacial score (nSPS) is 31.7. The number of nitrogens with one attached hydrogen (secondary N) is 2. The minimum atomic E-state index is -4.15. The van der Waals surface area contributed by atoms with Crippen LogP contribution in [0.4, 0.5) is 13.2 Å². The van der Waals surface area contributed by atoms with Crippen LogP contribution in [0.1, 0.15) is 19.8 Å². The summed E-state index contributed by atoms with van der Waals surface area (Å²) in [6.07, 6.45) is -2.86. The Bertz CT molecular complexity index is 211. The molecule has 0 aromatic heterocycles. The van der Waals surface area contributed by atoms with Crippen molar-refractivity contribution in [1.82, 2.24) is 10.6 Å². The van der Waals surface area contributed by atoms with Gasteiger partial charge in [0.15, 0.2) is 0 Å². The Hall–Kier alpha value is -0.330. The fourth-order valence-electron chi connectivity index (χ4n) is 2.04. The maximum Gasteiger partial charge on any atom is 0.401 e. The lowest BCUT2D eigenvalue weighted by atomic mass is 9.90. The first-order chi connectivity index (χ1) is 7.46. The van der Waals surface area contributed by atoms with Gasteiger partial charge in [-0.25, -0.2) is 0 Å². The molecular formula is C10H19F3N2O. The minimum Gasteiger partial charge on any atom is -0.367 e. The topological polar surface area (TPSA) is 33.3 Å². The molecule has 1 aliphatic heterocycles. The van der Waals surface area contributed by atoms with Gasteiger partial charge in [0, 0.05) is 26.1 Å². The monoisotopic (exact) mass is 240 g/mol. The second-order valence-electron chi connectivity index (χ2n) is 4.14. The van der Waals surface area contributed by atoms with E-state index in [1.807, 2.05) is 6.92 Å². The van der Waals surface area contributed by atoms with E-state index >= 15 is 0 Å². The van der Waals surface area contributed by atoms with Crippen molar-refractivity contribution in [2.75, 3.05) is 20.2 Å². The van der Waals surface area contributed by atoms with Crippen molar-refractivity contribution >= 4 is 0 Å². The van der Waals surface area contributed by atoms with Crippen LogP contribution in [0.25, 0.3) is 0 Å². The first-order valence-electron chi connectivity index (χ1n) is 5.52. The average Bonchev–Trinajstić information content (AvgIpc) is 2.25. The van der Waals surface area contributed by atoms with Crippen LogP contribution in [0.15, 0.2) is 0 Å². The van der Waals surface area contributed by atoms with E-state index in [-0.39, 0.29) is 18.2 Å². The van der Waals surface area contributed by atoms with Gasteiger partial charge in [0.05, 0.1) is 6.54 Å². The summed E-state index contributed by atoms with van der Waals surface area (Å²) in [5.74, 6) is 0.230. The average molecular weight is 240 g/mol. The molecule has 16 heavy (non-hydrogen) atoms. The number of alkyl halides is 3.